The van der Waals surface area contributed by atoms with Gasteiger partial charge in [0.25, 0.3) is 11.8 Å². The van der Waals surface area contributed by atoms with Gasteiger partial charge in [0.05, 0.1) is 0 Å². The van der Waals surface area contributed by atoms with Gasteiger partial charge in [-0.2, -0.15) is 0 Å². The van der Waals surface area contributed by atoms with Crippen LogP contribution in [-0.4, -0.2) is 88.9 Å². The van der Waals surface area contributed by atoms with Crippen molar-refractivity contribution in [3.63, 3.8) is 0 Å². The first-order valence-electron chi connectivity index (χ1n) is 11.1. The quantitative estimate of drug-likeness (QED) is 0.0454. The Kier molecular flexibility index (Phi) is 9.73. The number of anilines is 1. The van der Waals surface area contributed by atoms with Gasteiger partial charge in [0.15, 0.2) is 16.0 Å². The lowest BCUT2D eigenvalue weighted by molar-refractivity contribution is -0.150. The van der Waals surface area contributed by atoms with E-state index in [-0.39, 0.29) is 20.9 Å². The molecule has 4 rings (SSSR count). The number of hydrogen-bond donors (Lipinski definition) is 5. The molecule has 1 fully saturated rings. The van der Waals surface area contributed by atoms with Crippen molar-refractivity contribution in [1.29, 1.82) is 0 Å². The first-order chi connectivity index (χ1) is 18.7. The van der Waals surface area contributed by atoms with Crippen molar-refractivity contribution in [2.24, 2.45) is 10.9 Å². The molecule has 0 saturated carbocycles. The Morgan fingerprint density at radius 1 is 1.36 bits per heavy atom. The number of carbonyl (C=O) groups excluding carboxylic acids is 2. The number of carboxylic acids is 1. The van der Waals surface area contributed by atoms with Crippen molar-refractivity contribution in [3.05, 3.63) is 45.7 Å². The van der Waals surface area contributed by atoms with Crippen LogP contribution in [0.3, 0.4) is 0 Å². The third kappa shape index (κ3) is 6.50. The third-order valence-corrected chi connectivity index (χ3v) is 9.39. The second-order valence-corrected chi connectivity index (χ2v) is 12.5. The van der Waals surface area contributed by atoms with E-state index in [0.717, 1.165) is 21.3 Å². The van der Waals surface area contributed by atoms with Crippen LogP contribution in [0.1, 0.15) is 5.69 Å². The number of carboxylic acid groups (broad SMARTS) is 1. The van der Waals surface area contributed by atoms with Crippen LogP contribution in [0, 0.1) is 0 Å². The summed E-state index contributed by atoms with van der Waals surface area (Å²) in [5.41, 5.74) is 10.8. The number of thioether (sulfide) groups is 3. The zero-order valence-corrected chi connectivity index (χ0v) is 23.8. The monoisotopic (exact) mass is 628 g/mol. The smallest absolute Gasteiger partial charge is 0.352 e. The van der Waals surface area contributed by atoms with Crippen LogP contribution < -0.4 is 16.8 Å². The van der Waals surface area contributed by atoms with Gasteiger partial charge in [-0.3, -0.25) is 14.5 Å². The molecule has 0 spiro atoms. The van der Waals surface area contributed by atoms with E-state index < -0.39 is 34.9 Å². The summed E-state index contributed by atoms with van der Waals surface area (Å²) >= 11 is 11.1. The fraction of sp³-hybridized carbons (Fsp3) is 0.286. The number of nitrogens with zero attached hydrogens (tertiary/aromatic N) is 5. The summed E-state index contributed by atoms with van der Waals surface area (Å²) in [7, 11) is 0. The maximum absolute atomic E-state index is 12.9. The van der Waals surface area contributed by atoms with E-state index in [1.54, 1.807) is 24.4 Å². The van der Waals surface area contributed by atoms with Gasteiger partial charge in [-0.25, -0.2) is 19.7 Å². The van der Waals surface area contributed by atoms with Gasteiger partial charge in [-0.1, -0.05) is 52.0 Å². The Labute approximate surface area is 243 Å². The lowest BCUT2D eigenvalue weighted by Gasteiger charge is -2.49. The van der Waals surface area contributed by atoms with Gasteiger partial charge >= 0.3 is 5.97 Å². The van der Waals surface area contributed by atoms with Crippen LogP contribution in [0.2, 0.25) is 4.34 Å². The van der Waals surface area contributed by atoms with Crippen LogP contribution in [0.5, 0.6) is 0 Å². The molecule has 2 aromatic rings. The minimum absolute atomic E-state index is 0.0420. The molecule has 2 aliphatic heterocycles. The molecule has 2 atom stereocenters. The Morgan fingerprint density at radius 3 is 2.82 bits per heavy atom. The van der Waals surface area contributed by atoms with Crippen molar-refractivity contribution < 1.29 is 24.7 Å². The topological polar surface area (TPSA) is 210 Å². The first-order valence-corrected chi connectivity index (χ1v) is 15.3. The van der Waals surface area contributed by atoms with E-state index in [4.69, 9.17) is 23.1 Å². The maximum atomic E-state index is 12.9. The number of hydrogen-bond acceptors (Lipinski definition) is 14. The molecule has 2 aliphatic rings. The van der Waals surface area contributed by atoms with Crippen molar-refractivity contribution in [1.82, 2.24) is 25.2 Å². The number of aromatic nitrogens is 3. The number of carbonyl (C=O) groups is 3. The summed E-state index contributed by atoms with van der Waals surface area (Å²) in [5.74, 6) is -1.24. The van der Waals surface area contributed by atoms with Crippen LogP contribution in [0.25, 0.3) is 0 Å². The third-order valence-electron chi connectivity index (χ3n) is 5.23. The van der Waals surface area contributed by atoms with Crippen molar-refractivity contribution in [2.75, 3.05) is 29.5 Å². The molecular formula is C21H21ClN8O5S4. The second kappa shape index (κ2) is 13.0. The summed E-state index contributed by atoms with van der Waals surface area (Å²) < 4.78 is 0.0420. The van der Waals surface area contributed by atoms with Crippen molar-refractivity contribution >= 4 is 86.9 Å². The normalized spacial score (nSPS) is 19.3. The van der Waals surface area contributed by atoms with Gasteiger partial charge in [-0.15, -0.1) is 23.5 Å². The molecular weight excluding hydrogens is 608 g/mol. The van der Waals surface area contributed by atoms with E-state index >= 15 is 0 Å². The number of thiazole rings is 1. The number of nitrogens with one attached hydrogen (secondary N) is 1. The highest BCUT2D eigenvalue weighted by Gasteiger charge is 2.54. The molecule has 18 heteroatoms. The number of allylic oxidation sites excluding steroid dienone is 1. The molecule has 39 heavy (non-hydrogen) atoms. The van der Waals surface area contributed by atoms with E-state index in [1.165, 1.54) is 35.3 Å². The SMILES string of the molecule is NCCSc1nccc(SC/C=C/C2=C(C(=O)O)N3C(=O)C(NC(=O)C(=NO)c4nc(N)sc4Cl)C3SC2)n1. The second-order valence-electron chi connectivity index (χ2n) is 7.69. The molecule has 0 bridgehead atoms. The summed E-state index contributed by atoms with van der Waals surface area (Å²) in [4.78, 5) is 51.4. The van der Waals surface area contributed by atoms with Crippen LogP contribution in [0.15, 0.2) is 51.0 Å². The minimum atomic E-state index is -1.26. The number of halogens is 1. The van der Waals surface area contributed by atoms with E-state index in [1.807, 2.05) is 0 Å². The number of β-lactam (4-membered cyclic amide) rings is 1. The molecule has 0 radical (unpaired) electrons. The molecule has 4 heterocycles. The lowest BCUT2D eigenvalue weighted by atomic mass is 10.0. The van der Waals surface area contributed by atoms with Gasteiger partial charge in [0.2, 0.25) is 0 Å². The number of aliphatic carboxylic acids is 1. The predicted molar refractivity (Wildman–Crippen MR) is 151 cm³/mol. The Balaban J connectivity index is 1.41. The summed E-state index contributed by atoms with van der Waals surface area (Å²) in [6, 6.07) is 0.749. The van der Waals surface area contributed by atoms with Gasteiger partial charge in [0, 0.05) is 30.0 Å². The highest BCUT2D eigenvalue weighted by atomic mass is 35.5. The molecule has 2 amide bonds. The summed E-state index contributed by atoms with van der Waals surface area (Å²) in [6.07, 6.45) is 5.15. The highest BCUT2D eigenvalue weighted by Crippen LogP contribution is 2.41. The average Bonchev–Trinajstić information content (AvgIpc) is 3.25. The van der Waals surface area contributed by atoms with Crippen molar-refractivity contribution in [2.45, 2.75) is 21.6 Å². The van der Waals surface area contributed by atoms with E-state index in [0.29, 0.717) is 34.5 Å². The van der Waals surface area contributed by atoms with Crippen LogP contribution in [-0.2, 0) is 14.4 Å². The first kappa shape index (κ1) is 29.2. The average molecular weight is 629 g/mol. The van der Waals surface area contributed by atoms with Crippen LogP contribution in [0.4, 0.5) is 5.13 Å². The number of nitrogens with two attached hydrogens (primary N) is 2. The zero-order chi connectivity index (χ0) is 28.1. The number of rotatable bonds is 11. The predicted octanol–water partition coefficient (Wildman–Crippen LogP) is 1.48. The molecule has 1 saturated heterocycles. The fourth-order valence-corrected chi connectivity index (χ4v) is 7.17. The van der Waals surface area contributed by atoms with Gasteiger partial charge < -0.3 is 27.1 Å². The molecule has 13 nitrogen and oxygen atoms in total. The minimum Gasteiger partial charge on any atom is -0.477 e. The largest absolute Gasteiger partial charge is 0.477 e. The summed E-state index contributed by atoms with van der Waals surface area (Å²) in [5, 5.41) is 25.5. The Morgan fingerprint density at radius 2 is 2.15 bits per heavy atom. The number of fused-ring (bicyclic) bond motifs is 1. The van der Waals surface area contributed by atoms with Crippen molar-refractivity contribution in [3.8, 4) is 0 Å². The van der Waals surface area contributed by atoms with Gasteiger partial charge in [-0.05, 0) is 11.6 Å². The lowest BCUT2D eigenvalue weighted by Crippen LogP contribution is -2.71. The van der Waals surface area contributed by atoms with E-state index in [9.17, 15) is 24.7 Å². The fourth-order valence-electron chi connectivity index (χ4n) is 3.59. The molecule has 2 unspecified atom stereocenters. The standard InChI is InChI=1S/C21H21ClN8O5S4/c22-15-11(28-20(24)39-15)12(29-35)16(31)27-13-17(32)30-14(19(33)34)9(8-38-18(13)30)2-1-6-36-10-3-5-25-21(26-10)37-7-4-23/h1-3,5,13,18,35H,4,6-8,23H2,(H2,24,28)(H,27,31)(H,33,34)/b2-1+,29-12?. The molecule has 0 aromatic carbocycles. The molecule has 206 valence electrons. The molecule has 0 aliphatic carbocycles. The number of nitrogen functional groups attached to an aromatic ring is 1. The zero-order valence-electron chi connectivity index (χ0n) is 19.8. The number of oxime groups is 1. The van der Waals surface area contributed by atoms with Crippen LogP contribution >= 0.6 is 58.2 Å². The Bertz CT molecular complexity index is 1380. The Hall–Kier alpha value is -2.83. The molecule has 2 aromatic heterocycles. The summed E-state index contributed by atoms with van der Waals surface area (Å²) in [6.45, 7) is 0.523. The molecule has 7 N–H and O–H groups in total. The van der Waals surface area contributed by atoms with E-state index in [2.05, 4.69) is 25.4 Å². The maximum Gasteiger partial charge on any atom is 0.352 e. The van der Waals surface area contributed by atoms with Gasteiger partial charge in [0.1, 0.15) is 32.2 Å². The highest BCUT2D eigenvalue weighted by molar-refractivity contribution is 8.00. The number of amides is 2.